The third-order valence-corrected chi connectivity index (χ3v) is 3.49. The Morgan fingerprint density at radius 1 is 1.33 bits per heavy atom. The van der Waals surface area contributed by atoms with Crippen LogP contribution in [0.1, 0.15) is 12.5 Å². The lowest BCUT2D eigenvalue weighted by atomic mass is 10.0. The predicted octanol–water partition coefficient (Wildman–Crippen LogP) is 2.38. The highest BCUT2D eigenvalue weighted by molar-refractivity contribution is 6.30. The van der Waals surface area contributed by atoms with Gasteiger partial charge in [-0.2, -0.15) is 0 Å². The summed E-state index contributed by atoms with van der Waals surface area (Å²) < 4.78 is 5.20. The fraction of sp³-hybridized carbons (Fsp3) is 0.571. The monoisotopic (exact) mass is 270 g/mol. The lowest BCUT2D eigenvalue weighted by Gasteiger charge is -2.31. The van der Waals surface area contributed by atoms with E-state index in [4.69, 9.17) is 22.1 Å². The third-order valence-electron chi connectivity index (χ3n) is 3.24. The standard InChI is InChI=1S/C14H23ClN2O/c1-11(10-18-3)14(8-16)17(2)9-12-4-6-13(15)7-5-12/h4-7,11,14H,8-10,16H2,1-3H3. The van der Waals surface area contributed by atoms with Crippen molar-refractivity contribution in [2.45, 2.75) is 19.5 Å². The van der Waals surface area contributed by atoms with Crippen molar-refractivity contribution < 1.29 is 4.74 Å². The maximum atomic E-state index is 5.88. The first-order valence-electron chi connectivity index (χ1n) is 6.22. The molecule has 0 saturated heterocycles. The Morgan fingerprint density at radius 2 is 1.94 bits per heavy atom. The molecule has 0 aliphatic heterocycles. The van der Waals surface area contributed by atoms with Gasteiger partial charge in [-0.05, 0) is 30.7 Å². The van der Waals surface area contributed by atoms with Gasteiger partial charge < -0.3 is 10.5 Å². The minimum Gasteiger partial charge on any atom is -0.384 e. The Balaban J connectivity index is 2.61. The van der Waals surface area contributed by atoms with E-state index in [1.54, 1.807) is 7.11 Å². The summed E-state index contributed by atoms with van der Waals surface area (Å²) >= 11 is 5.88. The van der Waals surface area contributed by atoms with Crippen LogP contribution in [0.2, 0.25) is 5.02 Å². The molecule has 2 atom stereocenters. The van der Waals surface area contributed by atoms with Gasteiger partial charge in [0.25, 0.3) is 0 Å². The van der Waals surface area contributed by atoms with E-state index in [9.17, 15) is 0 Å². The lowest BCUT2D eigenvalue weighted by Crippen LogP contribution is -2.43. The van der Waals surface area contributed by atoms with Gasteiger partial charge in [0.15, 0.2) is 0 Å². The molecule has 0 aliphatic carbocycles. The van der Waals surface area contributed by atoms with Crippen LogP contribution in [0.25, 0.3) is 0 Å². The number of nitrogens with zero attached hydrogens (tertiary/aromatic N) is 1. The van der Waals surface area contributed by atoms with Crippen molar-refractivity contribution >= 4 is 11.6 Å². The first-order valence-corrected chi connectivity index (χ1v) is 6.60. The van der Waals surface area contributed by atoms with Crippen molar-refractivity contribution in [2.75, 3.05) is 27.3 Å². The SMILES string of the molecule is COCC(C)C(CN)N(C)Cc1ccc(Cl)cc1. The Bertz CT molecular complexity index is 342. The number of nitrogens with two attached hydrogens (primary N) is 1. The van der Waals surface area contributed by atoms with E-state index in [0.717, 1.165) is 18.2 Å². The molecule has 0 amide bonds. The van der Waals surface area contributed by atoms with E-state index in [2.05, 4.69) is 18.9 Å². The first-order chi connectivity index (χ1) is 8.58. The topological polar surface area (TPSA) is 38.5 Å². The Hall–Kier alpha value is -0.610. The third kappa shape index (κ3) is 4.58. The molecule has 0 fully saturated rings. The van der Waals surface area contributed by atoms with Crippen molar-refractivity contribution in [1.29, 1.82) is 0 Å². The highest BCUT2D eigenvalue weighted by atomic mass is 35.5. The summed E-state index contributed by atoms with van der Waals surface area (Å²) in [7, 11) is 3.82. The molecule has 2 unspecified atom stereocenters. The normalized spacial score (nSPS) is 14.8. The maximum Gasteiger partial charge on any atom is 0.0503 e. The fourth-order valence-corrected chi connectivity index (χ4v) is 2.34. The van der Waals surface area contributed by atoms with E-state index in [-0.39, 0.29) is 0 Å². The van der Waals surface area contributed by atoms with Gasteiger partial charge in [-0.1, -0.05) is 30.7 Å². The van der Waals surface area contributed by atoms with E-state index in [1.165, 1.54) is 5.56 Å². The predicted molar refractivity (Wildman–Crippen MR) is 76.8 cm³/mol. The zero-order valence-corrected chi connectivity index (χ0v) is 12.2. The van der Waals surface area contributed by atoms with Gasteiger partial charge in [0.2, 0.25) is 0 Å². The highest BCUT2D eigenvalue weighted by Crippen LogP contribution is 2.15. The van der Waals surface area contributed by atoms with Gasteiger partial charge in [-0.15, -0.1) is 0 Å². The summed E-state index contributed by atoms with van der Waals surface area (Å²) in [5.74, 6) is 0.414. The molecule has 0 bridgehead atoms. The number of methoxy groups -OCH3 is 1. The summed E-state index contributed by atoms with van der Waals surface area (Å²) in [6, 6.07) is 8.25. The van der Waals surface area contributed by atoms with E-state index in [1.807, 2.05) is 24.3 Å². The second-order valence-electron chi connectivity index (χ2n) is 4.78. The zero-order chi connectivity index (χ0) is 13.5. The molecule has 0 heterocycles. The average Bonchev–Trinajstić information content (AvgIpc) is 2.33. The summed E-state index contributed by atoms with van der Waals surface area (Å²) in [5, 5.41) is 0.768. The number of hydrogen-bond donors (Lipinski definition) is 1. The van der Waals surface area contributed by atoms with Gasteiger partial charge in [0.05, 0.1) is 6.61 Å². The molecule has 1 aromatic rings. The molecule has 1 aromatic carbocycles. The molecule has 0 radical (unpaired) electrons. The molecular weight excluding hydrogens is 248 g/mol. The number of ether oxygens (including phenoxy) is 1. The van der Waals surface area contributed by atoms with Gasteiger partial charge >= 0.3 is 0 Å². The smallest absolute Gasteiger partial charge is 0.0503 e. The summed E-state index contributed by atoms with van der Waals surface area (Å²) in [6.07, 6.45) is 0. The van der Waals surface area contributed by atoms with Gasteiger partial charge in [0, 0.05) is 31.3 Å². The molecule has 0 aliphatic rings. The molecule has 4 heteroatoms. The molecule has 0 saturated carbocycles. The van der Waals surface area contributed by atoms with Crippen LogP contribution < -0.4 is 5.73 Å². The van der Waals surface area contributed by atoms with Crippen LogP contribution in [0.5, 0.6) is 0 Å². The van der Waals surface area contributed by atoms with Crippen molar-refractivity contribution in [3.05, 3.63) is 34.9 Å². The molecular formula is C14H23ClN2O. The van der Waals surface area contributed by atoms with Gasteiger partial charge in [0.1, 0.15) is 0 Å². The quantitative estimate of drug-likeness (QED) is 0.827. The summed E-state index contributed by atoms with van der Waals surface area (Å²) in [4.78, 5) is 2.27. The van der Waals surface area contributed by atoms with Crippen LogP contribution in [0.3, 0.4) is 0 Å². The molecule has 0 spiro atoms. The number of rotatable bonds is 7. The van der Waals surface area contributed by atoms with E-state index >= 15 is 0 Å². The number of hydrogen-bond acceptors (Lipinski definition) is 3. The molecule has 102 valence electrons. The second-order valence-corrected chi connectivity index (χ2v) is 5.21. The fourth-order valence-electron chi connectivity index (χ4n) is 2.22. The van der Waals surface area contributed by atoms with Crippen molar-refractivity contribution in [3.63, 3.8) is 0 Å². The van der Waals surface area contributed by atoms with Crippen LogP contribution in [0.15, 0.2) is 24.3 Å². The Labute approximate surface area is 115 Å². The molecule has 0 aromatic heterocycles. The van der Waals surface area contributed by atoms with Crippen LogP contribution in [-0.4, -0.2) is 38.3 Å². The average molecular weight is 271 g/mol. The minimum absolute atomic E-state index is 0.320. The maximum absolute atomic E-state index is 5.88. The van der Waals surface area contributed by atoms with Crippen LogP contribution in [0.4, 0.5) is 0 Å². The highest BCUT2D eigenvalue weighted by Gasteiger charge is 2.20. The largest absolute Gasteiger partial charge is 0.384 e. The van der Waals surface area contributed by atoms with Crippen LogP contribution in [0, 0.1) is 5.92 Å². The lowest BCUT2D eigenvalue weighted by molar-refractivity contribution is 0.0953. The molecule has 3 nitrogen and oxygen atoms in total. The van der Waals surface area contributed by atoms with Crippen molar-refractivity contribution in [1.82, 2.24) is 4.90 Å². The first kappa shape index (κ1) is 15.4. The van der Waals surface area contributed by atoms with Gasteiger partial charge in [-0.25, -0.2) is 0 Å². The second kappa shape index (κ2) is 7.74. The van der Waals surface area contributed by atoms with E-state index in [0.29, 0.717) is 18.5 Å². The molecule has 2 N–H and O–H groups in total. The van der Waals surface area contributed by atoms with Crippen molar-refractivity contribution in [3.8, 4) is 0 Å². The van der Waals surface area contributed by atoms with Crippen LogP contribution >= 0.6 is 11.6 Å². The Morgan fingerprint density at radius 3 is 2.44 bits per heavy atom. The van der Waals surface area contributed by atoms with Crippen molar-refractivity contribution in [2.24, 2.45) is 11.7 Å². The minimum atomic E-state index is 0.320. The Kier molecular flexibility index (Phi) is 6.65. The number of halogens is 1. The summed E-state index contributed by atoms with van der Waals surface area (Å²) in [5.41, 5.74) is 7.11. The zero-order valence-electron chi connectivity index (χ0n) is 11.4. The van der Waals surface area contributed by atoms with Gasteiger partial charge in [-0.3, -0.25) is 4.90 Å². The molecule has 18 heavy (non-hydrogen) atoms. The number of likely N-dealkylation sites (N-methyl/N-ethyl adjacent to an activating group) is 1. The van der Waals surface area contributed by atoms with Crippen LogP contribution in [-0.2, 0) is 11.3 Å². The molecule has 1 rings (SSSR count). The summed E-state index contributed by atoms with van der Waals surface area (Å²) in [6.45, 7) is 4.40. The van der Waals surface area contributed by atoms with E-state index < -0.39 is 0 Å². The number of benzene rings is 1.